The van der Waals surface area contributed by atoms with E-state index in [-0.39, 0.29) is 17.6 Å². The Hall–Kier alpha value is -0.600. The molecule has 2 unspecified atom stereocenters. The van der Waals surface area contributed by atoms with Crippen LogP contribution in [0.25, 0.3) is 0 Å². The Balaban J connectivity index is 1.86. The third kappa shape index (κ3) is 1.12. The first kappa shape index (κ1) is 9.61. The molecule has 0 aromatic carbocycles. The van der Waals surface area contributed by atoms with E-state index in [1.165, 1.54) is 11.1 Å². The fourth-order valence-corrected chi connectivity index (χ4v) is 3.69. The van der Waals surface area contributed by atoms with Gasteiger partial charge in [-0.15, -0.1) is 0 Å². The van der Waals surface area contributed by atoms with Gasteiger partial charge in [0.1, 0.15) is 0 Å². The number of aliphatic hydroxyl groups is 1. The lowest BCUT2D eigenvalue weighted by Crippen LogP contribution is -2.43. The Bertz CT molecular complexity index is 344. The molecule has 1 saturated carbocycles. The molecule has 1 aliphatic heterocycles. The fraction of sp³-hybridized carbons (Fsp3) is 0.692. The molecular weight excluding hydrogens is 188 g/mol. The van der Waals surface area contributed by atoms with Crippen molar-refractivity contribution < 1.29 is 9.84 Å². The van der Waals surface area contributed by atoms with Crippen LogP contribution in [0.3, 0.4) is 0 Å². The molecule has 2 fully saturated rings. The molecular formula is C13H18O2. The van der Waals surface area contributed by atoms with Gasteiger partial charge in [0, 0.05) is 11.3 Å². The molecule has 2 nitrogen and oxygen atoms in total. The van der Waals surface area contributed by atoms with Gasteiger partial charge in [0.2, 0.25) is 0 Å². The minimum absolute atomic E-state index is 0.0828. The molecule has 1 saturated heterocycles. The molecule has 3 aliphatic rings. The second kappa shape index (κ2) is 2.96. The Morgan fingerprint density at radius 1 is 1.53 bits per heavy atom. The first-order chi connectivity index (χ1) is 7.16. The van der Waals surface area contributed by atoms with Crippen LogP contribution in [0, 0.1) is 11.3 Å². The molecule has 15 heavy (non-hydrogen) atoms. The highest BCUT2D eigenvalue weighted by Crippen LogP contribution is 2.57. The highest BCUT2D eigenvalue weighted by atomic mass is 16.5. The standard InChI is InChI=1S/C13H18O2/c1-3-9-5-13(4-8(9)2)6-10-7-15-11(10)12(13)14/h3,10-12,14H,1,4-7H2,2H3/t10?,11-,12-,13?/m1/s1. The van der Waals surface area contributed by atoms with E-state index in [0.717, 1.165) is 25.9 Å². The van der Waals surface area contributed by atoms with Crippen molar-refractivity contribution >= 4 is 0 Å². The van der Waals surface area contributed by atoms with Crippen LogP contribution < -0.4 is 0 Å². The number of hydrogen-bond acceptors (Lipinski definition) is 2. The number of hydrogen-bond donors (Lipinski definition) is 1. The molecule has 1 heterocycles. The highest BCUT2D eigenvalue weighted by molar-refractivity contribution is 5.33. The predicted octanol–water partition coefficient (Wildman–Crippen LogP) is 2.05. The molecule has 0 aromatic heterocycles. The van der Waals surface area contributed by atoms with Gasteiger partial charge in [-0.05, 0) is 31.8 Å². The van der Waals surface area contributed by atoms with Crippen LogP contribution >= 0.6 is 0 Å². The minimum Gasteiger partial charge on any atom is -0.390 e. The number of ether oxygens (including phenoxy) is 1. The summed E-state index contributed by atoms with van der Waals surface area (Å²) in [6.07, 6.45) is 4.99. The van der Waals surface area contributed by atoms with Crippen LogP contribution in [0.5, 0.6) is 0 Å². The molecule has 0 bridgehead atoms. The van der Waals surface area contributed by atoms with E-state index in [1.807, 2.05) is 6.08 Å². The van der Waals surface area contributed by atoms with Crippen molar-refractivity contribution in [3.63, 3.8) is 0 Å². The van der Waals surface area contributed by atoms with Crippen molar-refractivity contribution in [1.82, 2.24) is 0 Å². The summed E-state index contributed by atoms with van der Waals surface area (Å²) in [6.45, 7) is 6.87. The molecule has 0 radical (unpaired) electrons. The minimum atomic E-state index is -0.261. The maximum Gasteiger partial charge on any atom is 0.0890 e. The molecule has 1 N–H and O–H groups in total. The van der Waals surface area contributed by atoms with Crippen molar-refractivity contribution in [3.8, 4) is 0 Å². The molecule has 0 aromatic rings. The predicted molar refractivity (Wildman–Crippen MR) is 58.4 cm³/mol. The Morgan fingerprint density at radius 3 is 2.73 bits per heavy atom. The molecule has 1 spiro atoms. The zero-order valence-electron chi connectivity index (χ0n) is 9.20. The van der Waals surface area contributed by atoms with Crippen LogP contribution in [0.15, 0.2) is 23.8 Å². The fourth-order valence-electron chi connectivity index (χ4n) is 3.69. The van der Waals surface area contributed by atoms with Crippen molar-refractivity contribution in [3.05, 3.63) is 23.8 Å². The van der Waals surface area contributed by atoms with Gasteiger partial charge in [-0.25, -0.2) is 0 Å². The van der Waals surface area contributed by atoms with E-state index >= 15 is 0 Å². The third-order valence-electron chi connectivity index (χ3n) is 4.53. The summed E-state index contributed by atoms with van der Waals surface area (Å²) in [5.41, 5.74) is 2.83. The van der Waals surface area contributed by atoms with Gasteiger partial charge < -0.3 is 9.84 Å². The summed E-state index contributed by atoms with van der Waals surface area (Å²) >= 11 is 0. The van der Waals surface area contributed by atoms with E-state index in [2.05, 4.69) is 13.5 Å². The molecule has 3 rings (SSSR count). The van der Waals surface area contributed by atoms with E-state index in [9.17, 15) is 5.11 Å². The van der Waals surface area contributed by atoms with Crippen LogP contribution in [0.2, 0.25) is 0 Å². The number of fused-ring (bicyclic) bond motifs is 1. The Kier molecular flexibility index (Phi) is 1.89. The monoisotopic (exact) mass is 206 g/mol. The second-order valence-corrected chi connectivity index (χ2v) is 5.43. The van der Waals surface area contributed by atoms with Gasteiger partial charge in [-0.3, -0.25) is 0 Å². The molecule has 4 atom stereocenters. The first-order valence-corrected chi connectivity index (χ1v) is 5.77. The number of aliphatic hydroxyl groups excluding tert-OH is 1. The number of rotatable bonds is 1. The van der Waals surface area contributed by atoms with Gasteiger partial charge in [0.25, 0.3) is 0 Å². The summed E-state index contributed by atoms with van der Waals surface area (Å²) in [5, 5.41) is 10.3. The van der Waals surface area contributed by atoms with Crippen molar-refractivity contribution in [2.75, 3.05) is 6.61 Å². The third-order valence-corrected chi connectivity index (χ3v) is 4.53. The van der Waals surface area contributed by atoms with Gasteiger partial charge in [-0.1, -0.05) is 18.2 Å². The summed E-state index contributed by atoms with van der Waals surface area (Å²) in [5.74, 6) is 0.608. The largest absolute Gasteiger partial charge is 0.390 e. The van der Waals surface area contributed by atoms with Crippen LogP contribution in [0.4, 0.5) is 0 Å². The SMILES string of the molecule is C=CC1=C(C)CC2(C1)CC1CO[C@H]1[C@H]2O. The normalized spacial score (nSPS) is 48.3. The Morgan fingerprint density at radius 2 is 2.33 bits per heavy atom. The second-order valence-electron chi connectivity index (χ2n) is 5.43. The number of allylic oxidation sites excluding steroid dienone is 3. The van der Waals surface area contributed by atoms with Crippen LogP contribution in [-0.2, 0) is 4.74 Å². The van der Waals surface area contributed by atoms with Gasteiger partial charge >= 0.3 is 0 Å². The summed E-state index contributed by atoms with van der Waals surface area (Å²) < 4.78 is 5.46. The zero-order chi connectivity index (χ0) is 10.6. The lowest BCUT2D eigenvalue weighted by Gasteiger charge is -2.33. The molecule has 82 valence electrons. The van der Waals surface area contributed by atoms with E-state index in [4.69, 9.17) is 4.74 Å². The quantitative estimate of drug-likeness (QED) is 0.711. The zero-order valence-corrected chi connectivity index (χ0v) is 9.20. The van der Waals surface area contributed by atoms with Crippen LogP contribution in [-0.4, -0.2) is 23.9 Å². The Labute approximate surface area is 90.6 Å². The van der Waals surface area contributed by atoms with Crippen molar-refractivity contribution in [2.45, 2.75) is 38.4 Å². The van der Waals surface area contributed by atoms with Gasteiger partial charge in [0.15, 0.2) is 0 Å². The van der Waals surface area contributed by atoms with Gasteiger partial charge in [-0.2, -0.15) is 0 Å². The molecule has 0 amide bonds. The average molecular weight is 206 g/mol. The summed E-state index contributed by atoms with van der Waals surface area (Å²) in [6, 6.07) is 0. The van der Waals surface area contributed by atoms with E-state index < -0.39 is 0 Å². The van der Waals surface area contributed by atoms with Gasteiger partial charge in [0.05, 0.1) is 18.8 Å². The smallest absolute Gasteiger partial charge is 0.0890 e. The maximum atomic E-state index is 10.3. The maximum absolute atomic E-state index is 10.3. The highest BCUT2D eigenvalue weighted by Gasteiger charge is 2.58. The average Bonchev–Trinajstić information content (AvgIpc) is 2.58. The molecule has 2 aliphatic carbocycles. The topological polar surface area (TPSA) is 29.5 Å². The lowest BCUT2D eigenvalue weighted by atomic mass is 9.79. The first-order valence-electron chi connectivity index (χ1n) is 5.77. The molecule has 2 heteroatoms. The summed E-state index contributed by atoms with van der Waals surface area (Å²) in [7, 11) is 0. The van der Waals surface area contributed by atoms with E-state index in [1.54, 1.807) is 0 Å². The van der Waals surface area contributed by atoms with Crippen molar-refractivity contribution in [1.29, 1.82) is 0 Å². The summed E-state index contributed by atoms with van der Waals surface area (Å²) in [4.78, 5) is 0. The lowest BCUT2D eigenvalue weighted by molar-refractivity contribution is -0.143. The van der Waals surface area contributed by atoms with Crippen LogP contribution in [0.1, 0.15) is 26.2 Å². The van der Waals surface area contributed by atoms with Crippen molar-refractivity contribution in [2.24, 2.45) is 11.3 Å². The van der Waals surface area contributed by atoms with E-state index in [0.29, 0.717) is 5.92 Å².